The zero-order chi connectivity index (χ0) is 17.9. The third-order valence-corrected chi connectivity index (χ3v) is 4.75. The number of aryl methyl sites for hydroxylation is 2. The van der Waals surface area contributed by atoms with Gasteiger partial charge in [-0.25, -0.2) is 15.0 Å². The molecule has 2 aromatic heterocycles. The lowest BCUT2D eigenvalue weighted by molar-refractivity contribution is 0.746. The Bertz CT molecular complexity index is 1020. The monoisotopic (exact) mass is 342 g/mol. The lowest BCUT2D eigenvalue weighted by Crippen LogP contribution is -2.05. The van der Waals surface area contributed by atoms with Crippen molar-refractivity contribution in [2.24, 2.45) is 0 Å². The minimum Gasteiger partial charge on any atom is -0.308 e. The topological polar surface area (TPSA) is 43.6 Å². The maximum absolute atomic E-state index is 4.88. The van der Waals surface area contributed by atoms with Gasteiger partial charge in [-0.05, 0) is 17.5 Å². The molecule has 0 spiro atoms. The fourth-order valence-corrected chi connectivity index (χ4v) is 3.29. The molecule has 0 bridgehead atoms. The van der Waals surface area contributed by atoms with E-state index in [1.165, 1.54) is 11.1 Å². The third kappa shape index (κ3) is 2.99. The van der Waals surface area contributed by atoms with Gasteiger partial charge in [-0.3, -0.25) is 0 Å². The molecule has 130 valence electrons. The zero-order valence-electron chi connectivity index (χ0n) is 15.2. The van der Waals surface area contributed by atoms with E-state index in [1.54, 1.807) is 6.33 Å². The van der Waals surface area contributed by atoms with Gasteiger partial charge >= 0.3 is 0 Å². The van der Waals surface area contributed by atoms with Crippen molar-refractivity contribution in [3.8, 4) is 11.3 Å². The third-order valence-electron chi connectivity index (χ3n) is 4.75. The predicted molar refractivity (Wildman–Crippen MR) is 105 cm³/mol. The van der Waals surface area contributed by atoms with Gasteiger partial charge in [-0.2, -0.15) is 0 Å². The second-order valence-corrected chi connectivity index (χ2v) is 6.40. The highest BCUT2D eigenvalue weighted by atomic mass is 15.1. The summed E-state index contributed by atoms with van der Waals surface area (Å²) in [6.07, 6.45) is 3.54. The summed E-state index contributed by atoms with van der Waals surface area (Å²) in [5, 5.41) is 0. The Hall–Kier alpha value is -3.01. The lowest BCUT2D eigenvalue weighted by Gasteiger charge is -2.08. The van der Waals surface area contributed by atoms with Crippen molar-refractivity contribution >= 4 is 11.2 Å². The molecule has 0 unspecified atom stereocenters. The first kappa shape index (κ1) is 16.5. The van der Waals surface area contributed by atoms with Crippen LogP contribution in [0.25, 0.3) is 22.4 Å². The minimum atomic E-state index is 0.770. The summed E-state index contributed by atoms with van der Waals surface area (Å²) in [6.45, 7) is 5.06. The van der Waals surface area contributed by atoms with E-state index < -0.39 is 0 Å². The standard InChI is InChI=1S/C22H22N4/c1-3-16-10-12-18(13-11-16)20-21-22(24-15-23-20)26(19(4-2)25-21)14-17-8-6-5-7-9-17/h5-13,15H,3-4,14H2,1-2H3. The van der Waals surface area contributed by atoms with Gasteiger partial charge in [0.05, 0.1) is 6.54 Å². The van der Waals surface area contributed by atoms with Crippen LogP contribution in [0.2, 0.25) is 0 Å². The Morgan fingerprint density at radius 3 is 2.27 bits per heavy atom. The van der Waals surface area contributed by atoms with Crippen molar-refractivity contribution in [2.75, 3.05) is 0 Å². The number of aromatic nitrogens is 4. The summed E-state index contributed by atoms with van der Waals surface area (Å²) in [4.78, 5) is 14.0. The van der Waals surface area contributed by atoms with Crippen molar-refractivity contribution in [2.45, 2.75) is 33.2 Å². The molecule has 0 saturated carbocycles. The van der Waals surface area contributed by atoms with Crippen LogP contribution in [0.5, 0.6) is 0 Å². The summed E-state index contributed by atoms with van der Waals surface area (Å²) in [7, 11) is 0. The molecule has 4 heteroatoms. The quantitative estimate of drug-likeness (QED) is 0.529. The molecule has 0 amide bonds. The van der Waals surface area contributed by atoms with Gasteiger partial charge in [0.2, 0.25) is 0 Å². The maximum atomic E-state index is 4.88. The van der Waals surface area contributed by atoms with E-state index >= 15 is 0 Å². The van der Waals surface area contributed by atoms with Crippen LogP contribution in [0, 0.1) is 0 Å². The van der Waals surface area contributed by atoms with Gasteiger partial charge in [0.1, 0.15) is 23.4 Å². The van der Waals surface area contributed by atoms with Gasteiger partial charge in [0.25, 0.3) is 0 Å². The Balaban J connectivity index is 1.84. The predicted octanol–water partition coefficient (Wildman–Crippen LogP) is 4.67. The number of rotatable bonds is 5. The minimum absolute atomic E-state index is 0.770. The molecule has 0 aliphatic carbocycles. The van der Waals surface area contributed by atoms with Crippen LogP contribution < -0.4 is 0 Å². The Kier molecular flexibility index (Phi) is 4.48. The second kappa shape index (κ2) is 7.08. The summed E-state index contributed by atoms with van der Waals surface area (Å²) in [5.74, 6) is 1.04. The summed E-state index contributed by atoms with van der Waals surface area (Å²) in [6, 6.07) is 19.0. The molecule has 0 saturated heterocycles. The normalized spacial score (nSPS) is 11.2. The second-order valence-electron chi connectivity index (χ2n) is 6.40. The molecule has 0 fully saturated rings. The van der Waals surface area contributed by atoms with Crippen LogP contribution in [0.1, 0.15) is 30.8 Å². The summed E-state index contributed by atoms with van der Waals surface area (Å²) < 4.78 is 2.20. The maximum Gasteiger partial charge on any atom is 0.164 e. The average Bonchev–Trinajstić information content (AvgIpc) is 3.06. The highest BCUT2D eigenvalue weighted by Crippen LogP contribution is 2.26. The zero-order valence-corrected chi connectivity index (χ0v) is 15.2. The first-order chi connectivity index (χ1) is 12.8. The first-order valence-electron chi connectivity index (χ1n) is 9.13. The van der Waals surface area contributed by atoms with E-state index in [0.717, 1.165) is 47.6 Å². The molecule has 2 aromatic carbocycles. The highest BCUT2D eigenvalue weighted by molar-refractivity contribution is 5.87. The SMILES string of the molecule is CCc1ccc(-c2ncnc3c2nc(CC)n3Cc2ccccc2)cc1. The molecule has 0 aliphatic heterocycles. The van der Waals surface area contributed by atoms with Gasteiger partial charge in [0, 0.05) is 12.0 Å². The van der Waals surface area contributed by atoms with Crippen LogP contribution in [0.3, 0.4) is 0 Å². The van der Waals surface area contributed by atoms with Crippen LogP contribution in [-0.2, 0) is 19.4 Å². The number of imidazole rings is 1. The van der Waals surface area contributed by atoms with E-state index in [2.05, 4.69) is 76.9 Å². The van der Waals surface area contributed by atoms with Gasteiger partial charge in [0.15, 0.2) is 5.65 Å². The van der Waals surface area contributed by atoms with E-state index in [0.29, 0.717) is 0 Å². The van der Waals surface area contributed by atoms with E-state index in [4.69, 9.17) is 4.98 Å². The first-order valence-corrected chi connectivity index (χ1v) is 9.13. The van der Waals surface area contributed by atoms with Crippen molar-refractivity contribution in [3.63, 3.8) is 0 Å². The number of benzene rings is 2. The lowest BCUT2D eigenvalue weighted by atomic mass is 10.1. The molecule has 4 nitrogen and oxygen atoms in total. The molecular formula is C22H22N4. The fourth-order valence-electron chi connectivity index (χ4n) is 3.29. The van der Waals surface area contributed by atoms with E-state index in [-0.39, 0.29) is 0 Å². The van der Waals surface area contributed by atoms with Crippen LogP contribution in [0.15, 0.2) is 60.9 Å². The summed E-state index contributed by atoms with van der Waals surface area (Å²) >= 11 is 0. The largest absolute Gasteiger partial charge is 0.308 e. The molecule has 0 atom stereocenters. The average molecular weight is 342 g/mol. The molecule has 0 N–H and O–H groups in total. The molecule has 4 aromatic rings. The van der Waals surface area contributed by atoms with Crippen molar-refractivity contribution < 1.29 is 0 Å². The van der Waals surface area contributed by atoms with E-state index in [1.807, 2.05) is 6.07 Å². The van der Waals surface area contributed by atoms with Gasteiger partial charge in [-0.1, -0.05) is 68.4 Å². The Labute approximate surface area is 153 Å². The Morgan fingerprint density at radius 1 is 0.808 bits per heavy atom. The van der Waals surface area contributed by atoms with Crippen LogP contribution in [-0.4, -0.2) is 19.5 Å². The highest BCUT2D eigenvalue weighted by Gasteiger charge is 2.16. The molecular weight excluding hydrogens is 320 g/mol. The van der Waals surface area contributed by atoms with Crippen LogP contribution in [0.4, 0.5) is 0 Å². The number of hydrogen-bond donors (Lipinski definition) is 0. The number of hydrogen-bond acceptors (Lipinski definition) is 3. The van der Waals surface area contributed by atoms with Gasteiger partial charge < -0.3 is 4.57 Å². The molecule has 26 heavy (non-hydrogen) atoms. The Morgan fingerprint density at radius 2 is 1.58 bits per heavy atom. The van der Waals surface area contributed by atoms with E-state index in [9.17, 15) is 0 Å². The summed E-state index contributed by atoms with van der Waals surface area (Å²) in [5.41, 5.74) is 6.33. The number of fused-ring (bicyclic) bond motifs is 1. The van der Waals surface area contributed by atoms with Crippen molar-refractivity contribution in [1.29, 1.82) is 0 Å². The van der Waals surface area contributed by atoms with Gasteiger partial charge in [-0.15, -0.1) is 0 Å². The fraction of sp³-hybridized carbons (Fsp3) is 0.227. The smallest absolute Gasteiger partial charge is 0.164 e. The molecule has 4 rings (SSSR count). The molecule has 0 radical (unpaired) electrons. The number of nitrogens with zero attached hydrogens (tertiary/aromatic N) is 4. The molecule has 0 aliphatic rings. The molecule has 2 heterocycles. The van der Waals surface area contributed by atoms with Crippen LogP contribution >= 0.6 is 0 Å². The van der Waals surface area contributed by atoms with Crippen molar-refractivity contribution in [1.82, 2.24) is 19.5 Å². The van der Waals surface area contributed by atoms with Crippen molar-refractivity contribution in [3.05, 3.63) is 77.9 Å².